The standard InChI is InChI=1S/C16H14Br2F2N2O2/c1-22(9-10-2-5-12(6-3-10)24-15(19)20)16(23)21-14-8-11(17)4-7-13(14)18/h2-8,15H,9H2,1H3,(H,21,23). The second kappa shape index (κ2) is 8.43. The summed E-state index contributed by atoms with van der Waals surface area (Å²) in [7, 11) is 1.64. The van der Waals surface area contributed by atoms with Gasteiger partial charge in [-0.05, 0) is 51.8 Å². The Morgan fingerprint density at radius 2 is 1.88 bits per heavy atom. The fraction of sp³-hybridized carbons (Fsp3) is 0.188. The van der Waals surface area contributed by atoms with Gasteiger partial charge in [-0.2, -0.15) is 8.78 Å². The topological polar surface area (TPSA) is 41.6 Å². The van der Waals surface area contributed by atoms with E-state index in [-0.39, 0.29) is 11.8 Å². The van der Waals surface area contributed by atoms with E-state index in [1.165, 1.54) is 17.0 Å². The number of urea groups is 1. The van der Waals surface area contributed by atoms with Crippen LogP contribution in [0.2, 0.25) is 0 Å². The highest BCUT2D eigenvalue weighted by atomic mass is 79.9. The summed E-state index contributed by atoms with van der Waals surface area (Å²) in [6, 6.07) is 11.3. The minimum atomic E-state index is -2.85. The predicted molar refractivity (Wildman–Crippen MR) is 95.4 cm³/mol. The van der Waals surface area contributed by atoms with E-state index in [1.807, 2.05) is 12.1 Å². The van der Waals surface area contributed by atoms with Crippen molar-refractivity contribution in [3.05, 3.63) is 57.0 Å². The van der Waals surface area contributed by atoms with Gasteiger partial charge in [0.1, 0.15) is 5.75 Å². The van der Waals surface area contributed by atoms with Crippen molar-refractivity contribution in [3.8, 4) is 5.75 Å². The molecule has 0 spiro atoms. The molecule has 0 saturated carbocycles. The summed E-state index contributed by atoms with van der Waals surface area (Å²) in [5.74, 6) is 0.0823. The van der Waals surface area contributed by atoms with Crippen LogP contribution in [0.25, 0.3) is 0 Å². The van der Waals surface area contributed by atoms with Gasteiger partial charge in [-0.15, -0.1) is 0 Å². The zero-order chi connectivity index (χ0) is 17.7. The summed E-state index contributed by atoms with van der Waals surface area (Å²) < 4.78 is 30.1. The van der Waals surface area contributed by atoms with Crippen LogP contribution in [0.1, 0.15) is 5.56 Å². The van der Waals surface area contributed by atoms with Crippen molar-refractivity contribution in [2.45, 2.75) is 13.2 Å². The summed E-state index contributed by atoms with van der Waals surface area (Å²) in [4.78, 5) is 13.7. The van der Waals surface area contributed by atoms with Gasteiger partial charge in [-0.1, -0.05) is 28.1 Å². The Morgan fingerprint density at radius 1 is 1.21 bits per heavy atom. The molecule has 0 saturated heterocycles. The second-order valence-electron chi connectivity index (χ2n) is 4.93. The first-order valence-electron chi connectivity index (χ1n) is 6.86. The summed E-state index contributed by atoms with van der Waals surface area (Å²) in [5, 5.41) is 2.79. The van der Waals surface area contributed by atoms with Crippen LogP contribution in [0.4, 0.5) is 19.3 Å². The van der Waals surface area contributed by atoms with Gasteiger partial charge in [0.2, 0.25) is 0 Å². The molecular formula is C16H14Br2F2N2O2. The van der Waals surface area contributed by atoms with Crippen molar-refractivity contribution in [1.82, 2.24) is 4.90 Å². The molecule has 0 radical (unpaired) electrons. The van der Waals surface area contributed by atoms with E-state index in [0.29, 0.717) is 12.2 Å². The lowest BCUT2D eigenvalue weighted by atomic mass is 10.2. The smallest absolute Gasteiger partial charge is 0.387 e. The Hall–Kier alpha value is -1.67. The molecule has 1 N–H and O–H groups in total. The predicted octanol–water partition coefficient (Wildman–Crippen LogP) is 5.48. The maximum atomic E-state index is 12.2. The van der Waals surface area contributed by atoms with Crippen molar-refractivity contribution < 1.29 is 18.3 Å². The number of ether oxygens (including phenoxy) is 1. The highest BCUT2D eigenvalue weighted by Crippen LogP contribution is 2.26. The van der Waals surface area contributed by atoms with E-state index < -0.39 is 6.61 Å². The summed E-state index contributed by atoms with van der Waals surface area (Å²) in [6.07, 6.45) is 0. The van der Waals surface area contributed by atoms with Crippen molar-refractivity contribution in [1.29, 1.82) is 0 Å². The minimum Gasteiger partial charge on any atom is -0.435 e. The minimum absolute atomic E-state index is 0.0823. The van der Waals surface area contributed by atoms with Crippen LogP contribution >= 0.6 is 31.9 Å². The molecule has 2 aromatic carbocycles. The number of alkyl halides is 2. The van der Waals surface area contributed by atoms with E-state index in [1.54, 1.807) is 25.2 Å². The number of nitrogens with zero attached hydrogens (tertiary/aromatic N) is 1. The number of hydrogen-bond donors (Lipinski definition) is 1. The zero-order valence-corrected chi connectivity index (χ0v) is 15.8. The first kappa shape index (κ1) is 18.7. The first-order chi connectivity index (χ1) is 11.3. The number of carbonyl (C=O) groups is 1. The van der Waals surface area contributed by atoms with Gasteiger partial charge in [-0.3, -0.25) is 0 Å². The Labute approximate surface area is 155 Å². The third-order valence-electron chi connectivity index (χ3n) is 3.08. The largest absolute Gasteiger partial charge is 0.435 e. The number of carbonyl (C=O) groups excluding carboxylic acids is 1. The van der Waals surface area contributed by atoms with Gasteiger partial charge >= 0.3 is 12.6 Å². The molecule has 4 nitrogen and oxygen atoms in total. The van der Waals surface area contributed by atoms with Gasteiger partial charge in [-0.25, -0.2) is 4.79 Å². The van der Waals surface area contributed by atoms with E-state index in [4.69, 9.17) is 0 Å². The van der Waals surface area contributed by atoms with E-state index >= 15 is 0 Å². The highest BCUT2D eigenvalue weighted by molar-refractivity contribution is 9.11. The molecule has 2 rings (SSSR count). The van der Waals surface area contributed by atoms with Gasteiger partial charge in [0.25, 0.3) is 0 Å². The number of halogens is 4. The average molecular weight is 464 g/mol. The van der Waals surface area contributed by atoms with Crippen molar-refractivity contribution >= 4 is 43.6 Å². The fourth-order valence-electron chi connectivity index (χ4n) is 1.93. The summed E-state index contributed by atoms with van der Waals surface area (Å²) >= 11 is 6.72. The molecule has 2 amide bonds. The van der Waals surface area contributed by atoms with Crippen molar-refractivity contribution in [2.24, 2.45) is 0 Å². The number of amides is 2. The molecule has 0 heterocycles. The van der Waals surface area contributed by atoms with Crippen LogP contribution in [0.15, 0.2) is 51.4 Å². The van der Waals surface area contributed by atoms with Gasteiger partial charge in [0, 0.05) is 22.5 Å². The molecular weight excluding hydrogens is 450 g/mol. The van der Waals surface area contributed by atoms with Crippen LogP contribution < -0.4 is 10.1 Å². The van der Waals surface area contributed by atoms with Crippen LogP contribution in [0, 0.1) is 0 Å². The average Bonchev–Trinajstić information content (AvgIpc) is 2.52. The number of benzene rings is 2. The van der Waals surface area contributed by atoms with Crippen LogP contribution in [0.3, 0.4) is 0 Å². The monoisotopic (exact) mass is 462 g/mol. The molecule has 0 unspecified atom stereocenters. The third kappa shape index (κ3) is 5.45. The second-order valence-corrected chi connectivity index (χ2v) is 6.70. The third-order valence-corrected chi connectivity index (χ3v) is 4.27. The Balaban J connectivity index is 1.97. The fourth-order valence-corrected chi connectivity index (χ4v) is 2.63. The number of hydrogen-bond acceptors (Lipinski definition) is 2. The Bertz CT molecular complexity index is 712. The lowest BCUT2D eigenvalue weighted by Gasteiger charge is -2.19. The normalized spacial score (nSPS) is 10.6. The van der Waals surface area contributed by atoms with Gasteiger partial charge < -0.3 is 15.0 Å². The van der Waals surface area contributed by atoms with Crippen LogP contribution in [-0.2, 0) is 6.54 Å². The summed E-state index contributed by atoms with van der Waals surface area (Å²) in [5.41, 5.74) is 1.43. The molecule has 2 aromatic rings. The SMILES string of the molecule is CN(Cc1ccc(OC(F)F)cc1)C(=O)Nc1cc(Br)ccc1Br. The number of nitrogens with one attached hydrogen (secondary N) is 1. The summed E-state index contributed by atoms with van der Waals surface area (Å²) in [6.45, 7) is -2.53. The molecule has 24 heavy (non-hydrogen) atoms. The molecule has 0 atom stereocenters. The Kier molecular flexibility index (Phi) is 6.56. The molecule has 0 bridgehead atoms. The molecule has 0 aliphatic rings. The van der Waals surface area contributed by atoms with Crippen LogP contribution in [-0.4, -0.2) is 24.6 Å². The number of anilines is 1. The van der Waals surface area contributed by atoms with Gasteiger partial charge in [0.05, 0.1) is 5.69 Å². The van der Waals surface area contributed by atoms with Crippen molar-refractivity contribution in [2.75, 3.05) is 12.4 Å². The van der Waals surface area contributed by atoms with Gasteiger partial charge in [0.15, 0.2) is 0 Å². The first-order valence-corrected chi connectivity index (χ1v) is 8.44. The lowest BCUT2D eigenvalue weighted by Crippen LogP contribution is -2.30. The molecule has 0 aliphatic heterocycles. The highest BCUT2D eigenvalue weighted by Gasteiger charge is 2.12. The van der Waals surface area contributed by atoms with E-state index in [0.717, 1.165) is 14.5 Å². The molecule has 0 aromatic heterocycles. The van der Waals surface area contributed by atoms with Crippen molar-refractivity contribution in [3.63, 3.8) is 0 Å². The zero-order valence-electron chi connectivity index (χ0n) is 12.6. The molecule has 0 aliphatic carbocycles. The van der Waals surface area contributed by atoms with E-state index in [9.17, 15) is 13.6 Å². The maximum absolute atomic E-state index is 12.2. The molecule has 128 valence electrons. The quantitative estimate of drug-likeness (QED) is 0.638. The lowest BCUT2D eigenvalue weighted by molar-refractivity contribution is -0.0498. The number of rotatable bonds is 5. The van der Waals surface area contributed by atoms with E-state index in [2.05, 4.69) is 41.9 Å². The maximum Gasteiger partial charge on any atom is 0.387 e. The van der Waals surface area contributed by atoms with Crippen LogP contribution in [0.5, 0.6) is 5.75 Å². The molecule has 0 fully saturated rings. The Morgan fingerprint density at radius 3 is 2.50 bits per heavy atom. The molecule has 8 heteroatoms.